The number of benzene rings is 2. The van der Waals surface area contributed by atoms with Crippen LogP contribution in [-0.4, -0.2) is 28.1 Å². The van der Waals surface area contributed by atoms with Crippen molar-refractivity contribution in [3.8, 4) is 11.5 Å². The van der Waals surface area contributed by atoms with Crippen LogP contribution in [0.5, 0.6) is 11.5 Å². The molecule has 2 aromatic carbocycles. The van der Waals surface area contributed by atoms with Gasteiger partial charge in [0.05, 0.1) is 11.7 Å². The van der Waals surface area contributed by atoms with Gasteiger partial charge in [-0.2, -0.15) is 0 Å². The summed E-state index contributed by atoms with van der Waals surface area (Å²) in [5.74, 6) is -1.47. The second-order valence-electron chi connectivity index (χ2n) is 6.18. The van der Waals surface area contributed by atoms with Crippen molar-refractivity contribution in [3.63, 3.8) is 0 Å². The lowest BCUT2D eigenvalue weighted by Gasteiger charge is -2.12. The Kier molecular flexibility index (Phi) is 5.47. The first-order valence-corrected chi connectivity index (χ1v) is 8.15. The molecular weight excluding hydrogens is 320 g/mol. The minimum atomic E-state index is -0.704. The van der Waals surface area contributed by atoms with Gasteiger partial charge in [0, 0.05) is 5.56 Å². The molecule has 5 nitrogen and oxygen atoms in total. The lowest BCUT2D eigenvalue weighted by Crippen LogP contribution is -2.13. The zero-order chi connectivity index (χ0) is 18.7. The van der Waals surface area contributed by atoms with Crippen LogP contribution < -0.4 is 0 Å². The van der Waals surface area contributed by atoms with E-state index in [2.05, 4.69) is 0 Å². The lowest BCUT2D eigenvalue weighted by atomic mass is 9.95. The van der Waals surface area contributed by atoms with E-state index in [1.807, 2.05) is 13.0 Å². The first kappa shape index (κ1) is 18.5. The van der Waals surface area contributed by atoms with Gasteiger partial charge in [-0.25, -0.2) is 4.79 Å². The second kappa shape index (κ2) is 7.38. The molecule has 0 atom stereocenters. The fraction of sp³-hybridized carbons (Fsp3) is 0.300. The molecule has 5 heteroatoms. The second-order valence-corrected chi connectivity index (χ2v) is 6.18. The molecule has 132 valence electrons. The molecule has 0 unspecified atom stereocenters. The van der Waals surface area contributed by atoms with E-state index in [-0.39, 0.29) is 34.3 Å². The molecular formula is C20H22O5. The highest BCUT2D eigenvalue weighted by Gasteiger charge is 2.20. The largest absolute Gasteiger partial charge is 0.507 e. The number of ketones is 1. The summed E-state index contributed by atoms with van der Waals surface area (Å²) in [6, 6.07) is 7.45. The summed E-state index contributed by atoms with van der Waals surface area (Å²) in [5, 5.41) is 20.1. The van der Waals surface area contributed by atoms with Crippen molar-refractivity contribution < 1.29 is 24.5 Å². The Morgan fingerprint density at radius 1 is 1.08 bits per heavy atom. The van der Waals surface area contributed by atoms with Gasteiger partial charge in [-0.3, -0.25) is 4.79 Å². The molecule has 0 amide bonds. The highest BCUT2D eigenvalue weighted by molar-refractivity contribution is 6.12. The van der Waals surface area contributed by atoms with Crippen molar-refractivity contribution in [1.29, 1.82) is 0 Å². The average Bonchev–Trinajstić information content (AvgIpc) is 2.56. The monoisotopic (exact) mass is 342 g/mol. The Labute approximate surface area is 146 Å². The highest BCUT2D eigenvalue weighted by atomic mass is 16.5. The number of rotatable bonds is 5. The van der Waals surface area contributed by atoms with Crippen molar-refractivity contribution >= 4 is 11.8 Å². The van der Waals surface area contributed by atoms with E-state index >= 15 is 0 Å². The zero-order valence-corrected chi connectivity index (χ0v) is 14.8. The summed E-state index contributed by atoms with van der Waals surface area (Å²) >= 11 is 0. The molecule has 0 radical (unpaired) electrons. The SMILES string of the molecule is CCc1cc(C)c(O)c(C(=O)c2ccc(O)c(C(=O)OC(C)C)c2)c1. The predicted octanol–water partition coefficient (Wildman–Crippen LogP) is 3.76. The number of esters is 1. The van der Waals surface area contributed by atoms with Crippen molar-refractivity contribution in [3.05, 3.63) is 58.1 Å². The van der Waals surface area contributed by atoms with Gasteiger partial charge < -0.3 is 14.9 Å². The van der Waals surface area contributed by atoms with Crippen molar-refractivity contribution in [2.24, 2.45) is 0 Å². The zero-order valence-electron chi connectivity index (χ0n) is 14.8. The fourth-order valence-corrected chi connectivity index (χ4v) is 2.51. The van der Waals surface area contributed by atoms with Crippen LogP contribution in [0.4, 0.5) is 0 Å². The third-order valence-corrected chi connectivity index (χ3v) is 3.83. The van der Waals surface area contributed by atoms with Gasteiger partial charge in [0.1, 0.15) is 17.1 Å². The van der Waals surface area contributed by atoms with Gasteiger partial charge in [0.2, 0.25) is 0 Å². The number of phenolic OH excluding ortho intramolecular Hbond substituents is 2. The summed E-state index contributed by atoms with van der Waals surface area (Å²) in [5.41, 5.74) is 1.82. The van der Waals surface area contributed by atoms with Crippen molar-refractivity contribution in [2.75, 3.05) is 0 Å². The van der Waals surface area contributed by atoms with Gasteiger partial charge >= 0.3 is 5.97 Å². The van der Waals surface area contributed by atoms with Crippen molar-refractivity contribution in [2.45, 2.75) is 40.2 Å². The average molecular weight is 342 g/mol. The maximum Gasteiger partial charge on any atom is 0.342 e. The Bertz CT molecular complexity index is 821. The molecule has 0 aliphatic rings. The predicted molar refractivity (Wildman–Crippen MR) is 94.3 cm³/mol. The van der Waals surface area contributed by atoms with E-state index in [0.29, 0.717) is 5.56 Å². The van der Waals surface area contributed by atoms with E-state index in [9.17, 15) is 19.8 Å². The normalized spacial score (nSPS) is 10.8. The van der Waals surface area contributed by atoms with E-state index in [1.54, 1.807) is 26.8 Å². The van der Waals surface area contributed by atoms with E-state index in [1.165, 1.54) is 18.2 Å². The van der Waals surface area contributed by atoms with Gasteiger partial charge in [0.25, 0.3) is 0 Å². The number of carbonyl (C=O) groups is 2. The number of hydrogen-bond donors (Lipinski definition) is 2. The molecule has 0 fully saturated rings. The van der Waals surface area contributed by atoms with Crippen molar-refractivity contribution in [1.82, 2.24) is 0 Å². The number of phenols is 2. The maximum absolute atomic E-state index is 12.8. The van der Waals surface area contributed by atoms with Crippen LogP contribution in [0.1, 0.15) is 58.2 Å². The van der Waals surface area contributed by atoms with Gasteiger partial charge in [-0.15, -0.1) is 0 Å². The lowest BCUT2D eigenvalue weighted by molar-refractivity contribution is 0.0374. The molecule has 0 aliphatic carbocycles. The van der Waals surface area contributed by atoms with E-state index in [4.69, 9.17) is 4.74 Å². The van der Waals surface area contributed by atoms with Gasteiger partial charge in [-0.05, 0) is 62.6 Å². The molecule has 0 saturated heterocycles. The van der Waals surface area contributed by atoms with Crippen LogP contribution in [0.2, 0.25) is 0 Å². The topological polar surface area (TPSA) is 83.8 Å². The van der Waals surface area contributed by atoms with Gasteiger partial charge in [-0.1, -0.05) is 13.0 Å². The van der Waals surface area contributed by atoms with Crippen LogP contribution in [0.3, 0.4) is 0 Å². The third-order valence-electron chi connectivity index (χ3n) is 3.83. The summed E-state index contributed by atoms with van der Waals surface area (Å²) < 4.78 is 5.08. The molecule has 2 N–H and O–H groups in total. The molecule has 0 saturated carbocycles. The molecule has 0 aromatic heterocycles. The number of carbonyl (C=O) groups excluding carboxylic acids is 2. The van der Waals surface area contributed by atoms with Crippen LogP contribution >= 0.6 is 0 Å². The molecule has 0 heterocycles. The quantitative estimate of drug-likeness (QED) is 0.638. The number of hydrogen-bond acceptors (Lipinski definition) is 5. The number of ether oxygens (including phenoxy) is 1. The summed E-state index contributed by atoms with van der Waals surface area (Å²) in [6.45, 7) is 7.08. The molecule has 25 heavy (non-hydrogen) atoms. The first-order valence-electron chi connectivity index (χ1n) is 8.15. The van der Waals surface area contributed by atoms with Crippen LogP contribution in [0.25, 0.3) is 0 Å². The molecule has 2 aromatic rings. The maximum atomic E-state index is 12.8. The van der Waals surface area contributed by atoms with E-state index in [0.717, 1.165) is 12.0 Å². The third kappa shape index (κ3) is 3.99. The van der Waals surface area contributed by atoms with Crippen LogP contribution in [0.15, 0.2) is 30.3 Å². The Balaban J connectivity index is 2.47. The first-order chi connectivity index (χ1) is 11.7. The van der Waals surface area contributed by atoms with E-state index < -0.39 is 11.8 Å². The van der Waals surface area contributed by atoms with Crippen LogP contribution in [-0.2, 0) is 11.2 Å². The number of aromatic hydroxyl groups is 2. The minimum Gasteiger partial charge on any atom is -0.507 e. The Morgan fingerprint density at radius 2 is 1.76 bits per heavy atom. The standard InChI is InChI=1S/C20H22O5/c1-5-13-8-12(4)18(22)16(9-13)19(23)14-6-7-17(21)15(10-14)20(24)25-11(2)3/h6-11,21-22H,5H2,1-4H3. The summed E-state index contributed by atoms with van der Waals surface area (Å²) in [6.07, 6.45) is 0.377. The summed E-state index contributed by atoms with van der Waals surface area (Å²) in [4.78, 5) is 24.9. The molecule has 0 bridgehead atoms. The highest BCUT2D eigenvalue weighted by Crippen LogP contribution is 2.28. The molecule has 0 aliphatic heterocycles. The Morgan fingerprint density at radius 3 is 2.36 bits per heavy atom. The van der Waals surface area contributed by atoms with Crippen LogP contribution in [0, 0.1) is 6.92 Å². The number of aryl methyl sites for hydroxylation is 2. The Hall–Kier alpha value is -2.82. The molecule has 0 spiro atoms. The fourth-order valence-electron chi connectivity index (χ4n) is 2.51. The molecule has 2 rings (SSSR count). The minimum absolute atomic E-state index is 0.0811. The van der Waals surface area contributed by atoms with Gasteiger partial charge in [0.15, 0.2) is 5.78 Å². The smallest absolute Gasteiger partial charge is 0.342 e. The summed E-state index contributed by atoms with van der Waals surface area (Å²) in [7, 11) is 0.